The highest BCUT2D eigenvalue weighted by Gasteiger charge is 2.01. The average molecular weight is 317 g/mol. The van der Waals surface area contributed by atoms with Gasteiger partial charge in [-0.05, 0) is 42.0 Å². The predicted molar refractivity (Wildman–Crippen MR) is 87.8 cm³/mol. The number of para-hydroxylation sites is 1. The molecule has 1 heterocycles. The van der Waals surface area contributed by atoms with Gasteiger partial charge in [-0.2, -0.15) is 0 Å². The highest BCUT2D eigenvalue weighted by atomic mass is 35.5. The molecule has 5 heteroatoms. The lowest BCUT2D eigenvalue weighted by molar-refractivity contribution is 1.14. The number of nitrogens with zero attached hydrogens (tertiary/aromatic N) is 1. The molecule has 0 spiro atoms. The maximum Gasteiger partial charge on any atom is 0.259 e. The summed E-state index contributed by atoms with van der Waals surface area (Å²) >= 11 is 11.9. The lowest BCUT2D eigenvalue weighted by Gasteiger charge is -2.00. The van der Waals surface area contributed by atoms with Gasteiger partial charge in [-0.15, -0.1) is 0 Å². The number of nitrogens with one attached hydrogen (secondary N) is 1. The molecule has 0 aliphatic heterocycles. The third-order valence-electron chi connectivity index (χ3n) is 3.01. The van der Waals surface area contributed by atoms with Gasteiger partial charge in [-0.1, -0.05) is 41.4 Å². The van der Waals surface area contributed by atoms with Crippen LogP contribution in [-0.2, 0) is 0 Å². The second kappa shape index (κ2) is 5.72. The van der Waals surface area contributed by atoms with Crippen LogP contribution in [0.4, 0.5) is 0 Å². The molecule has 3 nitrogen and oxygen atoms in total. The van der Waals surface area contributed by atoms with E-state index >= 15 is 0 Å². The second-order valence-electron chi connectivity index (χ2n) is 4.47. The second-order valence-corrected chi connectivity index (χ2v) is 5.31. The van der Waals surface area contributed by atoms with E-state index in [2.05, 4.69) is 9.97 Å². The number of aromatic nitrogens is 2. The fraction of sp³-hybridized carbons (Fsp3) is 0. The van der Waals surface area contributed by atoms with Crippen molar-refractivity contribution in [2.45, 2.75) is 0 Å². The highest BCUT2D eigenvalue weighted by molar-refractivity contribution is 6.35. The van der Waals surface area contributed by atoms with Gasteiger partial charge in [0.2, 0.25) is 0 Å². The molecule has 3 aromatic rings. The van der Waals surface area contributed by atoms with Gasteiger partial charge in [0.05, 0.1) is 10.9 Å². The molecule has 0 unspecified atom stereocenters. The van der Waals surface area contributed by atoms with E-state index in [0.29, 0.717) is 26.8 Å². The zero-order valence-corrected chi connectivity index (χ0v) is 12.3. The molecule has 1 aromatic heterocycles. The van der Waals surface area contributed by atoms with Gasteiger partial charge >= 0.3 is 0 Å². The molecule has 1 N–H and O–H groups in total. The van der Waals surface area contributed by atoms with Crippen LogP contribution in [0.25, 0.3) is 23.1 Å². The quantitative estimate of drug-likeness (QED) is 0.761. The lowest BCUT2D eigenvalue weighted by atomic mass is 10.2. The number of hydrogen-bond acceptors (Lipinski definition) is 2. The van der Waals surface area contributed by atoms with Crippen LogP contribution in [0.1, 0.15) is 11.4 Å². The van der Waals surface area contributed by atoms with E-state index in [1.165, 1.54) is 0 Å². The van der Waals surface area contributed by atoms with Crippen molar-refractivity contribution >= 4 is 46.3 Å². The Morgan fingerprint density at radius 2 is 1.86 bits per heavy atom. The van der Waals surface area contributed by atoms with Crippen molar-refractivity contribution in [3.63, 3.8) is 0 Å². The van der Waals surface area contributed by atoms with E-state index in [4.69, 9.17) is 23.2 Å². The third-order valence-corrected chi connectivity index (χ3v) is 3.58. The van der Waals surface area contributed by atoms with Crippen molar-refractivity contribution in [1.29, 1.82) is 0 Å². The number of rotatable bonds is 2. The summed E-state index contributed by atoms with van der Waals surface area (Å²) in [5, 5.41) is 1.69. The molecule has 0 atom stereocenters. The molecule has 21 heavy (non-hydrogen) atoms. The zero-order chi connectivity index (χ0) is 14.8. The minimum absolute atomic E-state index is 0.164. The summed E-state index contributed by atoms with van der Waals surface area (Å²) in [4.78, 5) is 19.1. The van der Waals surface area contributed by atoms with Gasteiger partial charge in [-0.3, -0.25) is 4.79 Å². The van der Waals surface area contributed by atoms with Crippen molar-refractivity contribution < 1.29 is 0 Å². The summed E-state index contributed by atoms with van der Waals surface area (Å²) in [6.45, 7) is 0. The number of hydrogen-bond donors (Lipinski definition) is 1. The van der Waals surface area contributed by atoms with E-state index in [0.717, 1.165) is 5.56 Å². The first-order valence-electron chi connectivity index (χ1n) is 6.26. The Labute approximate surface area is 130 Å². The van der Waals surface area contributed by atoms with Gasteiger partial charge in [0, 0.05) is 10.0 Å². The lowest BCUT2D eigenvalue weighted by Crippen LogP contribution is -2.09. The Balaban J connectivity index is 2.01. The molecule has 0 amide bonds. The van der Waals surface area contributed by atoms with Crippen LogP contribution in [0.5, 0.6) is 0 Å². The molecular weight excluding hydrogens is 307 g/mol. The van der Waals surface area contributed by atoms with Gasteiger partial charge < -0.3 is 4.98 Å². The third kappa shape index (κ3) is 2.99. The van der Waals surface area contributed by atoms with Crippen LogP contribution >= 0.6 is 23.2 Å². The number of fused-ring (bicyclic) bond motifs is 1. The molecule has 2 aromatic carbocycles. The van der Waals surface area contributed by atoms with Gasteiger partial charge in [-0.25, -0.2) is 4.98 Å². The van der Waals surface area contributed by atoms with E-state index < -0.39 is 0 Å². The number of H-pyrrole nitrogens is 1. The van der Waals surface area contributed by atoms with Crippen LogP contribution < -0.4 is 5.56 Å². The molecule has 0 radical (unpaired) electrons. The molecule has 0 saturated heterocycles. The summed E-state index contributed by atoms with van der Waals surface area (Å²) in [6.07, 6.45) is 3.49. The van der Waals surface area contributed by atoms with Crippen molar-refractivity contribution in [3.8, 4) is 0 Å². The molecule has 0 fully saturated rings. The molecule has 0 aliphatic rings. The number of benzene rings is 2. The zero-order valence-electron chi connectivity index (χ0n) is 10.8. The minimum atomic E-state index is -0.164. The summed E-state index contributed by atoms with van der Waals surface area (Å²) < 4.78 is 0. The van der Waals surface area contributed by atoms with E-state index in [1.54, 1.807) is 42.5 Å². The maximum atomic E-state index is 11.9. The standard InChI is InChI=1S/C16H10Cl2N2O/c17-11-7-5-10(13(18)9-11)6-8-15-19-14-4-2-1-3-12(14)16(21)20-15/h1-9H,(H,19,20,21)/b8-6+. The average Bonchev–Trinajstić information content (AvgIpc) is 2.46. The van der Waals surface area contributed by atoms with Crippen LogP contribution in [0, 0.1) is 0 Å². The van der Waals surface area contributed by atoms with Crippen molar-refractivity contribution in [2.75, 3.05) is 0 Å². The largest absolute Gasteiger partial charge is 0.306 e. The van der Waals surface area contributed by atoms with Crippen molar-refractivity contribution in [2.24, 2.45) is 0 Å². The Bertz CT molecular complexity index is 900. The topological polar surface area (TPSA) is 45.8 Å². The first-order valence-corrected chi connectivity index (χ1v) is 7.01. The van der Waals surface area contributed by atoms with E-state index in [1.807, 2.05) is 12.1 Å². The fourth-order valence-corrected chi connectivity index (χ4v) is 2.46. The molecule has 0 bridgehead atoms. The summed E-state index contributed by atoms with van der Waals surface area (Å²) in [5.41, 5.74) is 1.29. The van der Waals surface area contributed by atoms with Crippen LogP contribution in [0.15, 0.2) is 47.3 Å². The van der Waals surface area contributed by atoms with Crippen LogP contribution in [0.3, 0.4) is 0 Å². The molecule has 3 rings (SSSR count). The Hall–Kier alpha value is -2.10. The Kier molecular flexibility index (Phi) is 3.78. The SMILES string of the molecule is O=c1[nH]c(/C=C/c2ccc(Cl)cc2Cl)nc2ccccc12. The smallest absolute Gasteiger partial charge is 0.259 e. The Morgan fingerprint density at radius 1 is 1.05 bits per heavy atom. The highest BCUT2D eigenvalue weighted by Crippen LogP contribution is 2.22. The summed E-state index contributed by atoms with van der Waals surface area (Å²) in [6, 6.07) is 12.4. The number of aromatic amines is 1. The molecular formula is C16H10Cl2N2O. The maximum absolute atomic E-state index is 11.9. The summed E-state index contributed by atoms with van der Waals surface area (Å²) in [7, 11) is 0. The van der Waals surface area contributed by atoms with Crippen molar-refractivity contribution in [1.82, 2.24) is 9.97 Å². The normalized spacial score (nSPS) is 11.3. The number of halogens is 2. The van der Waals surface area contributed by atoms with Gasteiger partial charge in [0.25, 0.3) is 5.56 Å². The first-order chi connectivity index (χ1) is 10.1. The monoisotopic (exact) mass is 316 g/mol. The van der Waals surface area contributed by atoms with Gasteiger partial charge in [0.15, 0.2) is 0 Å². The van der Waals surface area contributed by atoms with Crippen molar-refractivity contribution in [3.05, 3.63) is 74.3 Å². The van der Waals surface area contributed by atoms with E-state index in [-0.39, 0.29) is 5.56 Å². The minimum Gasteiger partial charge on any atom is -0.306 e. The molecule has 104 valence electrons. The van der Waals surface area contributed by atoms with Gasteiger partial charge in [0.1, 0.15) is 5.82 Å². The summed E-state index contributed by atoms with van der Waals surface area (Å²) in [5.74, 6) is 0.477. The van der Waals surface area contributed by atoms with Crippen LogP contribution in [-0.4, -0.2) is 9.97 Å². The Morgan fingerprint density at radius 3 is 2.67 bits per heavy atom. The van der Waals surface area contributed by atoms with E-state index in [9.17, 15) is 4.79 Å². The fourth-order valence-electron chi connectivity index (χ4n) is 1.99. The predicted octanol–water partition coefficient (Wildman–Crippen LogP) is 4.40. The first kappa shape index (κ1) is 13.9. The van der Waals surface area contributed by atoms with Crippen LogP contribution in [0.2, 0.25) is 10.0 Å². The molecule has 0 saturated carbocycles. The molecule has 0 aliphatic carbocycles.